The van der Waals surface area contributed by atoms with E-state index >= 15 is 0 Å². The van der Waals surface area contributed by atoms with E-state index in [9.17, 15) is 10.1 Å². The third kappa shape index (κ3) is 4.23. The van der Waals surface area contributed by atoms with Crippen molar-refractivity contribution in [2.24, 2.45) is 5.92 Å². The van der Waals surface area contributed by atoms with Crippen LogP contribution in [-0.4, -0.2) is 24.7 Å². The van der Waals surface area contributed by atoms with Crippen molar-refractivity contribution in [2.75, 3.05) is 19.0 Å². The van der Waals surface area contributed by atoms with Crippen molar-refractivity contribution in [1.29, 1.82) is 0 Å². The summed E-state index contributed by atoms with van der Waals surface area (Å²) in [5.41, 5.74) is 0.359. The lowest BCUT2D eigenvalue weighted by Crippen LogP contribution is -2.30. The average molecular weight is 307 g/mol. The number of nitrogens with zero attached hydrogens (tertiary/aromatic N) is 1. The van der Waals surface area contributed by atoms with Crippen molar-refractivity contribution in [3.63, 3.8) is 0 Å². The Hall–Kier alpha value is -1.04. The minimum atomic E-state index is -0.531. The molecule has 0 aliphatic heterocycles. The van der Waals surface area contributed by atoms with Gasteiger partial charge in [-0.3, -0.25) is 10.1 Å². The van der Waals surface area contributed by atoms with Crippen LogP contribution in [0.2, 0.25) is 10.0 Å². The van der Waals surface area contributed by atoms with Gasteiger partial charge in [0.2, 0.25) is 0 Å². The molecule has 0 heterocycles. The molecule has 0 fully saturated rings. The summed E-state index contributed by atoms with van der Waals surface area (Å²) in [6.07, 6.45) is 0. The summed E-state index contributed by atoms with van der Waals surface area (Å²) >= 11 is 12.1. The van der Waals surface area contributed by atoms with E-state index < -0.39 is 4.92 Å². The molecule has 1 N–H and O–H groups in total. The Bertz CT molecular complexity index is 443. The van der Waals surface area contributed by atoms with E-state index in [0.717, 1.165) is 0 Å². The first kappa shape index (κ1) is 16.0. The average Bonchev–Trinajstić information content (AvgIpc) is 2.31. The number of nitrogens with one attached hydrogen (secondary N) is 1. The van der Waals surface area contributed by atoms with E-state index in [0.29, 0.717) is 18.2 Å². The van der Waals surface area contributed by atoms with Gasteiger partial charge in [0.15, 0.2) is 0 Å². The van der Waals surface area contributed by atoms with E-state index in [-0.39, 0.29) is 21.8 Å². The number of methoxy groups -OCH3 is 1. The van der Waals surface area contributed by atoms with Crippen LogP contribution in [0.4, 0.5) is 11.4 Å². The Morgan fingerprint density at radius 3 is 2.26 bits per heavy atom. The fourth-order valence-corrected chi connectivity index (χ4v) is 2.15. The number of ether oxygens (including phenoxy) is 1. The summed E-state index contributed by atoms with van der Waals surface area (Å²) in [7, 11) is 1.61. The monoisotopic (exact) mass is 306 g/mol. The minimum absolute atomic E-state index is 0.0152. The van der Waals surface area contributed by atoms with E-state index in [1.54, 1.807) is 7.11 Å². The number of nitro groups is 1. The largest absolute Gasteiger partial charge is 0.383 e. The van der Waals surface area contributed by atoms with Crippen LogP contribution in [0.5, 0.6) is 0 Å². The minimum Gasteiger partial charge on any atom is -0.383 e. The molecule has 0 saturated heterocycles. The zero-order valence-corrected chi connectivity index (χ0v) is 12.5. The summed E-state index contributed by atoms with van der Waals surface area (Å²) < 4.78 is 5.12. The smallest absolute Gasteiger partial charge is 0.272 e. The van der Waals surface area contributed by atoms with Gasteiger partial charge in [0.1, 0.15) is 0 Å². The first-order valence-electron chi connectivity index (χ1n) is 5.75. The van der Waals surface area contributed by atoms with Crippen LogP contribution in [0.1, 0.15) is 13.8 Å². The summed E-state index contributed by atoms with van der Waals surface area (Å²) in [5, 5.41) is 14.3. The maximum absolute atomic E-state index is 10.7. The highest BCUT2D eigenvalue weighted by Crippen LogP contribution is 2.35. The van der Waals surface area contributed by atoms with Crippen molar-refractivity contribution >= 4 is 34.6 Å². The second-order valence-electron chi connectivity index (χ2n) is 4.49. The quantitative estimate of drug-likeness (QED) is 0.637. The molecule has 0 radical (unpaired) electrons. The Labute approximate surface area is 122 Å². The molecule has 1 unspecified atom stereocenters. The van der Waals surface area contributed by atoms with Crippen LogP contribution in [-0.2, 0) is 4.74 Å². The third-order valence-corrected chi connectivity index (χ3v) is 3.31. The topological polar surface area (TPSA) is 64.4 Å². The van der Waals surface area contributed by atoms with Gasteiger partial charge in [0, 0.05) is 19.2 Å². The lowest BCUT2D eigenvalue weighted by molar-refractivity contribution is -0.384. The number of halogens is 2. The Morgan fingerprint density at radius 1 is 1.37 bits per heavy atom. The normalized spacial score (nSPS) is 12.5. The molecule has 1 aromatic rings. The number of non-ortho nitro benzene ring substituents is 1. The van der Waals surface area contributed by atoms with E-state index in [1.165, 1.54) is 12.1 Å². The first-order chi connectivity index (χ1) is 8.86. The molecule has 0 spiro atoms. The molecule has 5 nitrogen and oxygen atoms in total. The molecule has 0 aliphatic carbocycles. The fraction of sp³-hybridized carbons (Fsp3) is 0.500. The van der Waals surface area contributed by atoms with Crippen LogP contribution < -0.4 is 5.32 Å². The molecular formula is C12H16Cl2N2O3. The van der Waals surface area contributed by atoms with Crippen LogP contribution in [0, 0.1) is 16.0 Å². The molecule has 1 atom stereocenters. The van der Waals surface area contributed by atoms with E-state index in [1.807, 2.05) is 13.8 Å². The van der Waals surface area contributed by atoms with Gasteiger partial charge < -0.3 is 10.1 Å². The van der Waals surface area contributed by atoms with Crippen molar-refractivity contribution in [1.82, 2.24) is 0 Å². The highest BCUT2D eigenvalue weighted by Gasteiger charge is 2.19. The van der Waals surface area contributed by atoms with Crippen LogP contribution in [0.15, 0.2) is 12.1 Å². The van der Waals surface area contributed by atoms with E-state index in [4.69, 9.17) is 27.9 Å². The molecule has 0 aliphatic rings. The maximum Gasteiger partial charge on any atom is 0.272 e. The molecule has 19 heavy (non-hydrogen) atoms. The Kier molecular flexibility index (Phi) is 5.85. The molecule has 0 bridgehead atoms. The van der Waals surface area contributed by atoms with Crippen molar-refractivity contribution in [2.45, 2.75) is 19.9 Å². The summed E-state index contributed by atoms with van der Waals surface area (Å²) in [4.78, 5) is 10.2. The summed E-state index contributed by atoms with van der Waals surface area (Å²) in [6.45, 7) is 4.55. The van der Waals surface area contributed by atoms with Gasteiger partial charge in [-0.2, -0.15) is 0 Å². The predicted octanol–water partition coefficient (Wildman–Crippen LogP) is 3.98. The lowest BCUT2D eigenvalue weighted by Gasteiger charge is -2.23. The number of rotatable bonds is 6. The molecule has 0 aromatic heterocycles. The van der Waals surface area contributed by atoms with Gasteiger partial charge in [-0.05, 0) is 5.92 Å². The van der Waals surface area contributed by atoms with Crippen molar-refractivity contribution in [3.8, 4) is 0 Å². The molecule has 1 aromatic carbocycles. The Morgan fingerprint density at radius 2 is 1.89 bits per heavy atom. The highest BCUT2D eigenvalue weighted by atomic mass is 35.5. The first-order valence-corrected chi connectivity index (χ1v) is 6.51. The number of anilines is 1. The highest BCUT2D eigenvalue weighted by molar-refractivity contribution is 6.39. The second kappa shape index (κ2) is 6.93. The summed E-state index contributed by atoms with van der Waals surface area (Å²) in [6, 6.07) is 2.57. The van der Waals surface area contributed by atoms with E-state index in [2.05, 4.69) is 5.32 Å². The zero-order valence-electron chi connectivity index (χ0n) is 10.9. The lowest BCUT2D eigenvalue weighted by atomic mass is 10.0. The maximum atomic E-state index is 10.7. The second-order valence-corrected chi connectivity index (χ2v) is 5.31. The number of nitro benzene ring substituents is 1. The molecule has 7 heteroatoms. The number of benzene rings is 1. The van der Waals surface area contributed by atoms with Gasteiger partial charge in [-0.15, -0.1) is 0 Å². The van der Waals surface area contributed by atoms with Gasteiger partial charge in [0.25, 0.3) is 5.69 Å². The third-order valence-electron chi connectivity index (χ3n) is 2.72. The van der Waals surface area contributed by atoms with Crippen LogP contribution >= 0.6 is 23.2 Å². The molecule has 0 saturated carbocycles. The predicted molar refractivity (Wildman–Crippen MR) is 77.2 cm³/mol. The molecular weight excluding hydrogens is 291 g/mol. The molecule has 0 amide bonds. The summed E-state index contributed by atoms with van der Waals surface area (Å²) in [5.74, 6) is 0.294. The number of hydrogen-bond donors (Lipinski definition) is 1. The Balaban J connectivity index is 3.04. The van der Waals surface area contributed by atoms with Crippen LogP contribution in [0.3, 0.4) is 0 Å². The van der Waals surface area contributed by atoms with Crippen molar-refractivity contribution < 1.29 is 9.66 Å². The zero-order chi connectivity index (χ0) is 14.6. The van der Waals surface area contributed by atoms with Gasteiger partial charge in [-0.1, -0.05) is 37.0 Å². The van der Waals surface area contributed by atoms with Gasteiger partial charge in [-0.25, -0.2) is 0 Å². The van der Waals surface area contributed by atoms with Crippen LogP contribution in [0.25, 0.3) is 0 Å². The SMILES string of the molecule is COCC(Nc1c(Cl)cc([N+](=O)[O-])cc1Cl)C(C)C. The van der Waals surface area contributed by atoms with Crippen molar-refractivity contribution in [3.05, 3.63) is 32.3 Å². The molecule has 106 valence electrons. The van der Waals surface area contributed by atoms with Gasteiger partial charge >= 0.3 is 0 Å². The number of hydrogen-bond acceptors (Lipinski definition) is 4. The molecule has 1 rings (SSSR count). The van der Waals surface area contributed by atoms with Gasteiger partial charge in [0.05, 0.1) is 33.3 Å². The standard InChI is InChI=1S/C12H16Cl2N2O3/c1-7(2)11(6-19-3)15-12-9(13)4-8(16(17)18)5-10(12)14/h4-5,7,11,15H,6H2,1-3H3. The fourth-order valence-electron chi connectivity index (χ4n) is 1.57.